The van der Waals surface area contributed by atoms with Crippen molar-refractivity contribution in [2.75, 3.05) is 23.6 Å². The molecule has 5 heteroatoms. The Labute approximate surface area is 111 Å². The van der Waals surface area contributed by atoms with Crippen molar-refractivity contribution in [1.29, 1.82) is 0 Å². The van der Waals surface area contributed by atoms with Gasteiger partial charge in [0.05, 0.1) is 16.4 Å². The highest BCUT2D eigenvalue weighted by molar-refractivity contribution is 6.35. The number of benzene rings is 1. The normalized spacial score (nSPS) is 16.9. The van der Waals surface area contributed by atoms with E-state index in [0.717, 1.165) is 29.4 Å². The number of hydrazine groups is 2. The number of hydrogen-bond donors (Lipinski definition) is 3. The number of halogens is 1. The number of fused-ring (bicyclic) bond motifs is 1. The molecule has 0 spiro atoms. The van der Waals surface area contributed by atoms with E-state index >= 15 is 0 Å². The predicted octanol–water partition coefficient (Wildman–Crippen LogP) is 1.75. The lowest BCUT2D eigenvalue weighted by atomic mass is 10.1. The van der Waals surface area contributed by atoms with Crippen LogP contribution in [0, 0.1) is 17.8 Å². The molecule has 1 aliphatic heterocycles. The number of rotatable bonds is 2. The molecule has 0 atom stereocenters. The molecule has 1 heterocycles. The lowest BCUT2D eigenvalue weighted by Gasteiger charge is -2.17. The van der Waals surface area contributed by atoms with Gasteiger partial charge in [0.1, 0.15) is 6.61 Å². The van der Waals surface area contributed by atoms with Gasteiger partial charge in [0.25, 0.3) is 0 Å². The van der Waals surface area contributed by atoms with Crippen LogP contribution in [0.5, 0.6) is 0 Å². The molecule has 3 rings (SSSR count). The zero-order valence-electron chi connectivity index (χ0n) is 9.83. The van der Waals surface area contributed by atoms with Crippen LogP contribution in [0.2, 0.25) is 5.02 Å². The predicted molar refractivity (Wildman–Crippen MR) is 72.2 cm³/mol. The molecule has 0 radical (unpaired) electrons. The zero-order valence-corrected chi connectivity index (χ0v) is 10.6. The maximum atomic E-state index is 8.71. The molecule has 1 aromatic carbocycles. The van der Waals surface area contributed by atoms with E-state index in [0.29, 0.717) is 5.02 Å². The quantitative estimate of drug-likeness (QED) is 0.712. The average Bonchev–Trinajstić information content (AvgIpc) is 3.09. The topological polar surface area (TPSA) is 47.5 Å². The lowest BCUT2D eigenvalue weighted by Crippen LogP contribution is -2.37. The van der Waals surface area contributed by atoms with Gasteiger partial charge in [-0.1, -0.05) is 23.4 Å². The number of aliphatic hydroxyl groups is 1. The first-order chi connectivity index (χ1) is 8.79. The van der Waals surface area contributed by atoms with Crippen LogP contribution in [-0.4, -0.2) is 18.3 Å². The SMILES string of the molecule is OCC#Cc1ccc2c(c1Cl)NNN2CC1CC1. The Morgan fingerprint density at radius 3 is 3.00 bits per heavy atom. The van der Waals surface area contributed by atoms with Gasteiger partial charge in [-0.2, -0.15) is 0 Å². The van der Waals surface area contributed by atoms with Crippen LogP contribution in [0.4, 0.5) is 11.4 Å². The van der Waals surface area contributed by atoms with E-state index in [1.54, 1.807) is 0 Å². The molecule has 1 aliphatic carbocycles. The van der Waals surface area contributed by atoms with Crippen LogP contribution in [0.1, 0.15) is 18.4 Å². The lowest BCUT2D eigenvalue weighted by molar-refractivity contribution is 0.350. The number of hydrogen-bond acceptors (Lipinski definition) is 4. The summed E-state index contributed by atoms with van der Waals surface area (Å²) in [5, 5.41) is 11.4. The van der Waals surface area contributed by atoms with E-state index in [9.17, 15) is 0 Å². The van der Waals surface area contributed by atoms with Crippen LogP contribution in [-0.2, 0) is 0 Å². The first-order valence-electron chi connectivity index (χ1n) is 6.01. The van der Waals surface area contributed by atoms with Crippen LogP contribution < -0.4 is 16.0 Å². The first kappa shape index (κ1) is 11.7. The van der Waals surface area contributed by atoms with Crippen molar-refractivity contribution in [2.24, 2.45) is 5.92 Å². The van der Waals surface area contributed by atoms with Crippen molar-refractivity contribution in [3.63, 3.8) is 0 Å². The molecular formula is C13H14ClN3O. The van der Waals surface area contributed by atoms with Crippen LogP contribution in [0.3, 0.4) is 0 Å². The van der Waals surface area contributed by atoms with Gasteiger partial charge in [0.2, 0.25) is 0 Å². The van der Waals surface area contributed by atoms with Crippen LogP contribution in [0.25, 0.3) is 0 Å². The highest BCUT2D eigenvalue weighted by Crippen LogP contribution is 2.40. The molecule has 0 unspecified atom stereocenters. The third-order valence-corrected chi connectivity index (χ3v) is 3.56. The zero-order chi connectivity index (χ0) is 12.5. The summed E-state index contributed by atoms with van der Waals surface area (Å²) < 4.78 is 0. The second-order valence-corrected chi connectivity index (χ2v) is 4.95. The summed E-state index contributed by atoms with van der Waals surface area (Å²) >= 11 is 6.29. The summed E-state index contributed by atoms with van der Waals surface area (Å²) in [6, 6.07) is 3.89. The molecule has 18 heavy (non-hydrogen) atoms. The smallest absolute Gasteiger partial charge is 0.104 e. The second-order valence-electron chi connectivity index (χ2n) is 4.57. The number of nitrogens with zero attached hydrogens (tertiary/aromatic N) is 1. The van der Waals surface area contributed by atoms with Gasteiger partial charge in [-0.05, 0) is 30.9 Å². The van der Waals surface area contributed by atoms with Gasteiger partial charge in [-0.25, -0.2) is 0 Å². The largest absolute Gasteiger partial charge is 0.384 e. The Morgan fingerprint density at radius 1 is 1.44 bits per heavy atom. The molecule has 4 nitrogen and oxygen atoms in total. The minimum absolute atomic E-state index is 0.160. The van der Waals surface area contributed by atoms with E-state index in [-0.39, 0.29) is 6.61 Å². The first-order valence-corrected chi connectivity index (χ1v) is 6.39. The molecule has 2 aliphatic rings. The van der Waals surface area contributed by atoms with Crippen LogP contribution >= 0.6 is 11.6 Å². The Balaban J connectivity index is 1.89. The van der Waals surface area contributed by atoms with Crippen molar-refractivity contribution in [3.8, 4) is 11.8 Å². The van der Waals surface area contributed by atoms with E-state index in [1.807, 2.05) is 12.1 Å². The van der Waals surface area contributed by atoms with Crippen molar-refractivity contribution < 1.29 is 5.11 Å². The second kappa shape index (κ2) is 4.69. The number of nitrogens with one attached hydrogen (secondary N) is 2. The van der Waals surface area contributed by atoms with Gasteiger partial charge < -0.3 is 10.5 Å². The standard InChI is InChI=1S/C13H14ClN3O/c14-12-10(2-1-7-18)5-6-11-13(12)15-16-17(11)8-9-3-4-9/h5-6,9,15-16,18H,3-4,7-8H2. The average molecular weight is 264 g/mol. The van der Waals surface area contributed by atoms with Gasteiger partial charge in [0.15, 0.2) is 0 Å². The van der Waals surface area contributed by atoms with E-state index in [1.165, 1.54) is 12.8 Å². The van der Waals surface area contributed by atoms with Gasteiger partial charge in [-0.3, -0.25) is 5.01 Å². The molecule has 0 aromatic heterocycles. The molecule has 1 aromatic rings. The molecule has 3 N–H and O–H groups in total. The molecule has 0 amide bonds. The summed E-state index contributed by atoms with van der Waals surface area (Å²) in [6.45, 7) is 0.838. The van der Waals surface area contributed by atoms with Gasteiger partial charge in [0, 0.05) is 12.1 Å². The van der Waals surface area contributed by atoms with E-state index < -0.39 is 0 Å². The molecule has 1 fully saturated rings. The third-order valence-electron chi connectivity index (χ3n) is 3.17. The fourth-order valence-corrected chi connectivity index (χ4v) is 2.28. The highest BCUT2D eigenvalue weighted by atomic mass is 35.5. The Morgan fingerprint density at radius 2 is 2.28 bits per heavy atom. The van der Waals surface area contributed by atoms with Crippen LogP contribution in [0.15, 0.2) is 12.1 Å². The Hall–Kier alpha value is -1.41. The van der Waals surface area contributed by atoms with E-state index in [2.05, 4.69) is 27.8 Å². The molecule has 1 saturated carbocycles. The monoisotopic (exact) mass is 263 g/mol. The summed E-state index contributed by atoms with van der Waals surface area (Å²) in [5.74, 6) is 6.24. The van der Waals surface area contributed by atoms with E-state index in [4.69, 9.17) is 16.7 Å². The molecular weight excluding hydrogens is 250 g/mol. The minimum atomic E-state index is -0.160. The molecule has 94 valence electrons. The van der Waals surface area contributed by atoms with Gasteiger partial charge >= 0.3 is 0 Å². The van der Waals surface area contributed by atoms with Gasteiger partial charge in [-0.15, -0.1) is 5.53 Å². The highest BCUT2D eigenvalue weighted by Gasteiger charge is 2.29. The Kier molecular flexibility index (Phi) is 3.04. The maximum Gasteiger partial charge on any atom is 0.104 e. The number of aliphatic hydroxyl groups excluding tert-OH is 1. The minimum Gasteiger partial charge on any atom is -0.384 e. The summed E-state index contributed by atoms with van der Waals surface area (Å²) in [6.07, 6.45) is 2.61. The Bertz CT molecular complexity index is 531. The third kappa shape index (κ3) is 2.13. The maximum absolute atomic E-state index is 8.71. The fraction of sp³-hybridized carbons (Fsp3) is 0.385. The summed E-state index contributed by atoms with van der Waals surface area (Å²) in [4.78, 5) is 0. The van der Waals surface area contributed by atoms with Crippen molar-refractivity contribution in [3.05, 3.63) is 22.7 Å². The number of anilines is 2. The fourth-order valence-electron chi connectivity index (χ4n) is 2.03. The summed E-state index contributed by atoms with van der Waals surface area (Å²) in [5.41, 5.74) is 8.85. The molecule has 0 bridgehead atoms. The van der Waals surface area contributed by atoms with Crippen molar-refractivity contribution in [2.45, 2.75) is 12.8 Å². The van der Waals surface area contributed by atoms with Crippen molar-refractivity contribution in [1.82, 2.24) is 5.53 Å². The van der Waals surface area contributed by atoms with Crippen molar-refractivity contribution >= 4 is 23.0 Å². The summed E-state index contributed by atoms with van der Waals surface area (Å²) in [7, 11) is 0. The molecule has 0 saturated heterocycles.